The highest BCUT2D eigenvalue weighted by molar-refractivity contribution is 9.10. The predicted octanol–water partition coefficient (Wildman–Crippen LogP) is 2.71. The first-order valence-corrected chi connectivity index (χ1v) is 6.81. The van der Waals surface area contributed by atoms with Gasteiger partial charge in [-0.25, -0.2) is 9.78 Å². The van der Waals surface area contributed by atoms with Gasteiger partial charge >= 0.3 is 5.97 Å². The lowest BCUT2D eigenvalue weighted by molar-refractivity contribution is 0.0697. The van der Waals surface area contributed by atoms with Crippen LogP contribution in [0.2, 0.25) is 0 Å². The molecule has 92 valence electrons. The molecule has 0 saturated carbocycles. The van der Waals surface area contributed by atoms with E-state index >= 15 is 0 Å². The summed E-state index contributed by atoms with van der Waals surface area (Å²) < 4.78 is 4.50. The van der Waals surface area contributed by atoms with Gasteiger partial charge in [-0.15, -0.1) is 11.3 Å². The molecule has 0 aliphatic rings. The number of halogens is 1. The summed E-state index contributed by atoms with van der Waals surface area (Å²) in [5, 5.41) is 10.9. The van der Waals surface area contributed by atoms with Crippen LogP contribution in [0.15, 0.2) is 34.6 Å². The molecule has 0 amide bonds. The van der Waals surface area contributed by atoms with Crippen molar-refractivity contribution in [2.45, 2.75) is 6.54 Å². The van der Waals surface area contributed by atoms with Crippen LogP contribution < -0.4 is 0 Å². The second-order valence-corrected chi connectivity index (χ2v) is 5.50. The van der Waals surface area contributed by atoms with E-state index in [1.54, 1.807) is 23.6 Å². The van der Waals surface area contributed by atoms with E-state index < -0.39 is 5.97 Å². The average Bonchev–Trinajstić information content (AvgIpc) is 2.94. The molecule has 18 heavy (non-hydrogen) atoms. The largest absolute Gasteiger partial charge is 0.478 e. The Morgan fingerprint density at radius 2 is 2.33 bits per heavy atom. The van der Waals surface area contributed by atoms with Crippen LogP contribution in [0.4, 0.5) is 0 Å². The summed E-state index contributed by atoms with van der Waals surface area (Å²) in [5.74, 6) is -0.930. The van der Waals surface area contributed by atoms with Crippen LogP contribution in [0.25, 0.3) is 4.96 Å². The number of carboxylic acid groups (broad SMARTS) is 1. The molecule has 0 bridgehead atoms. The third-order valence-electron chi connectivity index (χ3n) is 2.57. The van der Waals surface area contributed by atoms with E-state index in [0.717, 1.165) is 15.3 Å². The zero-order chi connectivity index (χ0) is 12.7. The molecule has 0 aliphatic carbocycles. The number of carbonyl (C=O) groups is 1. The number of aromatic nitrogens is 3. The number of aromatic carboxylic acids is 1. The maximum Gasteiger partial charge on any atom is 0.337 e. The lowest BCUT2D eigenvalue weighted by atomic mass is 10.3. The van der Waals surface area contributed by atoms with Crippen LogP contribution >= 0.6 is 27.3 Å². The second-order valence-electron chi connectivity index (χ2n) is 3.81. The molecule has 3 heterocycles. The number of rotatable bonds is 3. The molecule has 0 aromatic carbocycles. The van der Waals surface area contributed by atoms with Crippen LogP contribution in [0, 0.1) is 0 Å². The van der Waals surface area contributed by atoms with E-state index in [1.165, 1.54) is 0 Å². The fraction of sp³-hybridized carbons (Fsp3) is 0.0909. The van der Waals surface area contributed by atoms with Gasteiger partial charge in [-0.2, -0.15) is 0 Å². The molecule has 0 radical (unpaired) electrons. The Labute approximate surface area is 114 Å². The highest BCUT2D eigenvalue weighted by Crippen LogP contribution is 2.18. The third-order valence-corrected chi connectivity index (χ3v) is 4.02. The topological polar surface area (TPSA) is 59.5 Å². The molecule has 0 spiro atoms. The third kappa shape index (κ3) is 1.95. The molecule has 7 heteroatoms. The van der Waals surface area contributed by atoms with Gasteiger partial charge in [0.25, 0.3) is 0 Å². The number of hydrogen-bond acceptors (Lipinski definition) is 3. The predicted molar refractivity (Wildman–Crippen MR) is 71.3 cm³/mol. The molecular formula is C11H8BrN3O2S. The van der Waals surface area contributed by atoms with Gasteiger partial charge in [0.05, 0.1) is 22.4 Å². The molecule has 0 fully saturated rings. The first-order chi connectivity index (χ1) is 8.63. The summed E-state index contributed by atoms with van der Waals surface area (Å²) in [4.78, 5) is 16.3. The molecule has 3 rings (SSSR count). The van der Waals surface area contributed by atoms with Crippen molar-refractivity contribution in [3.63, 3.8) is 0 Å². The van der Waals surface area contributed by atoms with E-state index in [2.05, 4.69) is 20.9 Å². The van der Waals surface area contributed by atoms with Crippen LogP contribution in [-0.4, -0.2) is 25.0 Å². The number of hydrogen-bond donors (Lipinski definition) is 1. The molecule has 0 unspecified atom stereocenters. The zero-order valence-electron chi connectivity index (χ0n) is 9.08. The lowest BCUT2D eigenvalue weighted by Crippen LogP contribution is -1.99. The number of nitrogens with zero attached hydrogens (tertiary/aromatic N) is 3. The Morgan fingerprint density at radius 1 is 1.50 bits per heavy atom. The minimum absolute atomic E-state index is 0.267. The monoisotopic (exact) mass is 325 g/mol. The molecule has 1 N–H and O–H groups in total. The Balaban J connectivity index is 1.92. The van der Waals surface area contributed by atoms with Crippen molar-refractivity contribution >= 4 is 38.2 Å². The number of imidazole rings is 1. The van der Waals surface area contributed by atoms with Gasteiger partial charge in [0, 0.05) is 24.0 Å². The Bertz CT molecular complexity index is 699. The van der Waals surface area contributed by atoms with Gasteiger partial charge in [0.1, 0.15) is 0 Å². The van der Waals surface area contributed by atoms with Gasteiger partial charge < -0.3 is 9.67 Å². The molecule has 0 aliphatic heterocycles. The normalized spacial score (nSPS) is 11.2. The second kappa shape index (κ2) is 4.25. The smallest absolute Gasteiger partial charge is 0.337 e. The number of thiazole rings is 1. The minimum atomic E-state index is -0.930. The first kappa shape index (κ1) is 11.5. The van der Waals surface area contributed by atoms with Gasteiger partial charge in [0.2, 0.25) is 0 Å². The van der Waals surface area contributed by atoms with Crippen molar-refractivity contribution in [2.24, 2.45) is 0 Å². The van der Waals surface area contributed by atoms with Gasteiger partial charge in [-0.1, -0.05) is 0 Å². The van der Waals surface area contributed by atoms with Crippen LogP contribution in [0.3, 0.4) is 0 Å². The molecule has 3 aromatic heterocycles. The summed E-state index contributed by atoms with van der Waals surface area (Å²) in [6, 6.07) is 1.58. The summed E-state index contributed by atoms with van der Waals surface area (Å²) in [6.07, 6.45) is 5.49. The lowest BCUT2D eigenvalue weighted by Gasteiger charge is -2.00. The number of carboxylic acids is 1. The maximum absolute atomic E-state index is 10.9. The highest BCUT2D eigenvalue weighted by Gasteiger charge is 2.11. The fourth-order valence-corrected chi connectivity index (χ4v) is 2.94. The average molecular weight is 326 g/mol. The molecular weight excluding hydrogens is 318 g/mol. The molecule has 3 aromatic rings. The summed E-state index contributed by atoms with van der Waals surface area (Å²) in [7, 11) is 0. The Hall–Kier alpha value is -1.60. The van der Waals surface area contributed by atoms with Crippen molar-refractivity contribution in [1.29, 1.82) is 0 Å². The van der Waals surface area contributed by atoms with Crippen molar-refractivity contribution in [3.05, 3.63) is 45.9 Å². The van der Waals surface area contributed by atoms with E-state index in [-0.39, 0.29) is 5.56 Å². The van der Waals surface area contributed by atoms with Gasteiger partial charge in [-0.3, -0.25) is 4.40 Å². The van der Waals surface area contributed by atoms with Crippen molar-refractivity contribution in [3.8, 4) is 0 Å². The summed E-state index contributed by atoms with van der Waals surface area (Å²) in [5.41, 5.74) is 1.16. The van der Waals surface area contributed by atoms with E-state index in [1.807, 2.05) is 26.7 Å². The minimum Gasteiger partial charge on any atom is -0.478 e. The highest BCUT2D eigenvalue weighted by atomic mass is 79.9. The Morgan fingerprint density at radius 3 is 3.00 bits per heavy atom. The number of fused-ring (bicyclic) bond motifs is 1. The van der Waals surface area contributed by atoms with Gasteiger partial charge in [0.15, 0.2) is 4.96 Å². The summed E-state index contributed by atoms with van der Waals surface area (Å²) >= 11 is 4.91. The molecule has 5 nitrogen and oxygen atoms in total. The first-order valence-electron chi connectivity index (χ1n) is 5.13. The van der Waals surface area contributed by atoms with E-state index in [0.29, 0.717) is 6.54 Å². The van der Waals surface area contributed by atoms with Gasteiger partial charge in [-0.05, 0) is 22.0 Å². The van der Waals surface area contributed by atoms with Crippen molar-refractivity contribution < 1.29 is 9.90 Å². The quantitative estimate of drug-likeness (QED) is 0.805. The maximum atomic E-state index is 10.9. The summed E-state index contributed by atoms with van der Waals surface area (Å²) in [6.45, 7) is 0.544. The van der Waals surface area contributed by atoms with E-state index in [4.69, 9.17) is 5.11 Å². The zero-order valence-corrected chi connectivity index (χ0v) is 11.5. The van der Waals surface area contributed by atoms with Crippen molar-refractivity contribution in [2.75, 3.05) is 0 Å². The standard InChI is InChI=1S/C11H8BrN3O2S/c12-9-3-7(10(16)17)4-15(9)6-8-5-14-1-2-18-11(14)13-8/h1-5H,6H2,(H,16,17). The molecule has 0 saturated heterocycles. The fourth-order valence-electron chi connectivity index (χ4n) is 1.74. The van der Waals surface area contributed by atoms with Crippen LogP contribution in [0.5, 0.6) is 0 Å². The van der Waals surface area contributed by atoms with E-state index in [9.17, 15) is 4.79 Å². The molecule has 0 atom stereocenters. The Kier molecular flexibility index (Phi) is 2.71. The van der Waals surface area contributed by atoms with Crippen molar-refractivity contribution in [1.82, 2.24) is 14.0 Å². The van der Waals surface area contributed by atoms with Crippen LogP contribution in [0.1, 0.15) is 16.1 Å². The van der Waals surface area contributed by atoms with Crippen LogP contribution in [-0.2, 0) is 6.54 Å². The SMILES string of the molecule is O=C(O)c1cc(Br)n(Cc2cn3ccsc3n2)c1.